The fraction of sp³-hybridized carbons (Fsp3) is 0.222. The molecule has 0 bridgehead atoms. The molecular formula is C9H12N2. The van der Waals surface area contributed by atoms with Crippen LogP contribution in [-0.4, -0.2) is 6.21 Å². The van der Waals surface area contributed by atoms with E-state index < -0.39 is 0 Å². The Hall–Kier alpha value is -1.31. The number of nitrogens with two attached hydrogens (primary N) is 1. The number of rotatable bonds is 1. The standard InChI is InChI=1S/C9H12N2/c1-7-4-3-5-9(6-11-10)8(7)2/h3-6H,10H2,1-2H3. The Labute approximate surface area is 66.7 Å². The lowest BCUT2D eigenvalue weighted by molar-refractivity contribution is 1.25. The Bertz CT molecular complexity index is 277. The van der Waals surface area contributed by atoms with Crippen LogP contribution in [-0.2, 0) is 0 Å². The minimum absolute atomic E-state index is 1.09. The number of hydrogen-bond donors (Lipinski definition) is 1. The van der Waals surface area contributed by atoms with E-state index in [2.05, 4.69) is 25.0 Å². The molecule has 1 aromatic rings. The highest BCUT2D eigenvalue weighted by Crippen LogP contribution is 2.09. The lowest BCUT2D eigenvalue weighted by Crippen LogP contribution is -1.92. The monoisotopic (exact) mass is 148 g/mol. The van der Waals surface area contributed by atoms with E-state index in [4.69, 9.17) is 5.84 Å². The van der Waals surface area contributed by atoms with Crippen LogP contribution in [0, 0.1) is 13.8 Å². The van der Waals surface area contributed by atoms with Gasteiger partial charge in [0.1, 0.15) is 0 Å². The van der Waals surface area contributed by atoms with Gasteiger partial charge >= 0.3 is 0 Å². The summed E-state index contributed by atoms with van der Waals surface area (Å²) in [5.74, 6) is 5.05. The average Bonchev–Trinajstić information content (AvgIpc) is 1.99. The Balaban J connectivity index is 3.16. The summed E-state index contributed by atoms with van der Waals surface area (Å²) >= 11 is 0. The van der Waals surface area contributed by atoms with E-state index in [0.29, 0.717) is 0 Å². The Morgan fingerprint density at radius 3 is 2.73 bits per heavy atom. The first-order chi connectivity index (χ1) is 5.25. The van der Waals surface area contributed by atoms with Crippen LogP contribution >= 0.6 is 0 Å². The van der Waals surface area contributed by atoms with Gasteiger partial charge in [0.15, 0.2) is 0 Å². The molecule has 0 amide bonds. The van der Waals surface area contributed by atoms with Crippen molar-refractivity contribution >= 4 is 6.21 Å². The molecule has 58 valence electrons. The van der Waals surface area contributed by atoms with E-state index in [-0.39, 0.29) is 0 Å². The van der Waals surface area contributed by atoms with E-state index in [9.17, 15) is 0 Å². The van der Waals surface area contributed by atoms with Crippen molar-refractivity contribution in [3.63, 3.8) is 0 Å². The molecule has 0 aliphatic heterocycles. The molecule has 0 aliphatic carbocycles. The SMILES string of the molecule is Cc1cccc(C=NN)c1C. The largest absolute Gasteiger partial charge is 0.323 e. The molecule has 0 spiro atoms. The minimum Gasteiger partial charge on any atom is -0.323 e. The summed E-state index contributed by atoms with van der Waals surface area (Å²) in [6.07, 6.45) is 1.67. The number of aryl methyl sites for hydroxylation is 1. The van der Waals surface area contributed by atoms with Gasteiger partial charge in [0.25, 0.3) is 0 Å². The number of benzene rings is 1. The lowest BCUT2D eigenvalue weighted by atomic mass is 10.0. The molecule has 0 radical (unpaired) electrons. The number of nitrogens with zero attached hydrogens (tertiary/aromatic N) is 1. The van der Waals surface area contributed by atoms with E-state index in [1.807, 2.05) is 12.1 Å². The molecule has 2 nitrogen and oxygen atoms in total. The smallest absolute Gasteiger partial charge is 0.0540 e. The van der Waals surface area contributed by atoms with Crippen LogP contribution in [0.5, 0.6) is 0 Å². The molecule has 11 heavy (non-hydrogen) atoms. The maximum Gasteiger partial charge on any atom is 0.0540 e. The van der Waals surface area contributed by atoms with Crippen molar-refractivity contribution in [2.75, 3.05) is 0 Å². The summed E-state index contributed by atoms with van der Waals surface area (Å²) in [5, 5.41) is 3.48. The summed E-state index contributed by atoms with van der Waals surface area (Å²) < 4.78 is 0. The summed E-state index contributed by atoms with van der Waals surface area (Å²) in [4.78, 5) is 0. The van der Waals surface area contributed by atoms with Crippen molar-refractivity contribution in [3.05, 3.63) is 34.9 Å². The zero-order chi connectivity index (χ0) is 8.27. The first kappa shape index (κ1) is 7.79. The second-order valence-corrected chi connectivity index (χ2v) is 2.57. The fourth-order valence-corrected chi connectivity index (χ4v) is 0.994. The second-order valence-electron chi connectivity index (χ2n) is 2.57. The van der Waals surface area contributed by atoms with E-state index in [1.165, 1.54) is 11.1 Å². The van der Waals surface area contributed by atoms with Gasteiger partial charge in [-0.05, 0) is 30.5 Å². The van der Waals surface area contributed by atoms with Crippen LogP contribution in [0.2, 0.25) is 0 Å². The van der Waals surface area contributed by atoms with Gasteiger partial charge in [-0.15, -0.1) is 0 Å². The van der Waals surface area contributed by atoms with Crippen LogP contribution in [0.4, 0.5) is 0 Å². The van der Waals surface area contributed by atoms with Crippen LogP contribution in [0.15, 0.2) is 23.3 Å². The molecule has 0 saturated heterocycles. The highest BCUT2D eigenvalue weighted by molar-refractivity contribution is 5.81. The minimum atomic E-state index is 1.09. The molecule has 0 atom stereocenters. The van der Waals surface area contributed by atoms with Gasteiger partial charge in [0.2, 0.25) is 0 Å². The molecular weight excluding hydrogens is 136 g/mol. The van der Waals surface area contributed by atoms with Crippen molar-refractivity contribution in [3.8, 4) is 0 Å². The molecule has 0 unspecified atom stereocenters. The highest BCUT2D eigenvalue weighted by Gasteiger charge is 1.95. The Kier molecular flexibility index (Phi) is 2.26. The maximum atomic E-state index is 5.05. The Morgan fingerprint density at radius 1 is 1.36 bits per heavy atom. The molecule has 0 aliphatic rings. The summed E-state index contributed by atoms with van der Waals surface area (Å²) in [7, 11) is 0. The van der Waals surface area contributed by atoms with Gasteiger partial charge in [0, 0.05) is 0 Å². The number of hydrazone groups is 1. The quantitative estimate of drug-likeness (QED) is 0.366. The topological polar surface area (TPSA) is 38.4 Å². The van der Waals surface area contributed by atoms with Crippen molar-refractivity contribution in [2.45, 2.75) is 13.8 Å². The summed E-state index contributed by atoms with van der Waals surface area (Å²) in [5.41, 5.74) is 3.59. The molecule has 1 rings (SSSR count). The molecule has 1 aromatic carbocycles. The molecule has 0 aromatic heterocycles. The van der Waals surface area contributed by atoms with Crippen molar-refractivity contribution in [1.82, 2.24) is 0 Å². The van der Waals surface area contributed by atoms with Gasteiger partial charge in [-0.2, -0.15) is 5.10 Å². The fourth-order valence-electron chi connectivity index (χ4n) is 0.994. The predicted octanol–water partition coefficient (Wildman–Crippen LogP) is 1.60. The third kappa shape index (κ3) is 1.58. The van der Waals surface area contributed by atoms with E-state index >= 15 is 0 Å². The summed E-state index contributed by atoms with van der Waals surface area (Å²) in [6.45, 7) is 4.13. The van der Waals surface area contributed by atoms with Crippen LogP contribution in [0.1, 0.15) is 16.7 Å². The van der Waals surface area contributed by atoms with Crippen molar-refractivity contribution in [1.29, 1.82) is 0 Å². The predicted molar refractivity (Wildman–Crippen MR) is 47.7 cm³/mol. The highest BCUT2D eigenvalue weighted by atomic mass is 15.1. The normalized spacial score (nSPS) is 10.7. The third-order valence-corrected chi connectivity index (χ3v) is 1.86. The maximum absolute atomic E-state index is 5.05. The second kappa shape index (κ2) is 3.19. The van der Waals surface area contributed by atoms with Crippen LogP contribution < -0.4 is 5.84 Å². The van der Waals surface area contributed by atoms with Crippen molar-refractivity contribution in [2.24, 2.45) is 10.9 Å². The zero-order valence-corrected chi connectivity index (χ0v) is 6.83. The molecule has 0 heterocycles. The van der Waals surface area contributed by atoms with Gasteiger partial charge in [-0.25, -0.2) is 0 Å². The van der Waals surface area contributed by atoms with Crippen molar-refractivity contribution < 1.29 is 0 Å². The zero-order valence-electron chi connectivity index (χ0n) is 6.83. The first-order valence-corrected chi connectivity index (χ1v) is 3.55. The first-order valence-electron chi connectivity index (χ1n) is 3.55. The molecule has 0 saturated carbocycles. The number of hydrogen-bond acceptors (Lipinski definition) is 2. The Morgan fingerprint density at radius 2 is 2.09 bits per heavy atom. The van der Waals surface area contributed by atoms with Gasteiger partial charge in [0.05, 0.1) is 6.21 Å². The van der Waals surface area contributed by atoms with Crippen LogP contribution in [0.25, 0.3) is 0 Å². The van der Waals surface area contributed by atoms with E-state index in [1.54, 1.807) is 6.21 Å². The van der Waals surface area contributed by atoms with E-state index in [0.717, 1.165) is 5.56 Å². The summed E-state index contributed by atoms with van der Waals surface area (Å²) in [6, 6.07) is 6.07. The molecule has 2 N–H and O–H groups in total. The molecule has 2 heteroatoms. The van der Waals surface area contributed by atoms with Gasteiger partial charge < -0.3 is 5.84 Å². The third-order valence-electron chi connectivity index (χ3n) is 1.86. The molecule has 0 fully saturated rings. The average molecular weight is 148 g/mol. The van der Waals surface area contributed by atoms with Gasteiger partial charge in [-0.3, -0.25) is 0 Å². The van der Waals surface area contributed by atoms with Crippen LogP contribution in [0.3, 0.4) is 0 Å². The lowest BCUT2D eigenvalue weighted by Gasteiger charge is -2.01. The van der Waals surface area contributed by atoms with Gasteiger partial charge in [-0.1, -0.05) is 18.2 Å².